The largest absolute Gasteiger partial charge is 0.508 e. The Kier molecular flexibility index (Phi) is 14.2. The SMILES string of the molecule is CSCCC(NC(=O)C(N)CC(C)C)C(=O)NC(Cc1ccc(O)cc1)C(=O)NC(CCC(=O)O)C(=O)O. The van der Waals surface area contributed by atoms with Crippen molar-refractivity contribution in [3.05, 3.63) is 29.8 Å². The predicted molar refractivity (Wildman–Crippen MR) is 143 cm³/mol. The van der Waals surface area contributed by atoms with E-state index in [0.29, 0.717) is 17.7 Å². The van der Waals surface area contributed by atoms with E-state index in [0.717, 1.165) is 0 Å². The monoisotopic (exact) mass is 554 g/mol. The highest BCUT2D eigenvalue weighted by atomic mass is 32.2. The maximum atomic E-state index is 13.2. The van der Waals surface area contributed by atoms with Crippen molar-refractivity contribution in [2.24, 2.45) is 11.7 Å². The maximum Gasteiger partial charge on any atom is 0.326 e. The van der Waals surface area contributed by atoms with Gasteiger partial charge in [-0.2, -0.15) is 11.8 Å². The quantitative estimate of drug-likeness (QED) is 0.141. The van der Waals surface area contributed by atoms with E-state index in [9.17, 15) is 34.2 Å². The molecule has 0 aromatic heterocycles. The van der Waals surface area contributed by atoms with E-state index in [2.05, 4.69) is 16.0 Å². The number of amides is 3. The van der Waals surface area contributed by atoms with Gasteiger partial charge in [-0.3, -0.25) is 19.2 Å². The number of phenolic OH excluding ortho intramolecular Hbond substituents is 1. The number of carbonyl (C=O) groups excluding carboxylic acids is 3. The highest BCUT2D eigenvalue weighted by molar-refractivity contribution is 7.98. The summed E-state index contributed by atoms with van der Waals surface area (Å²) in [4.78, 5) is 61.4. The molecule has 0 saturated carbocycles. The molecule has 0 aliphatic rings. The second-order valence-corrected chi connectivity index (χ2v) is 10.3. The zero-order valence-electron chi connectivity index (χ0n) is 21.8. The number of hydrogen-bond acceptors (Lipinski definition) is 8. The van der Waals surface area contributed by atoms with E-state index in [1.807, 2.05) is 20.1 Å². The number of phenols is 1. The van der Waals surface area contributed by atoms with Crippen LogP contribution >= 0.6 is 11.8 Å². The standard InChI is InChI=1S/C25H38N4O8S/c1-14(2)12-17(26)22(33)27-18(10-11-38-3)23(34)29-20(13-15-4-6-16(30)7-5-15)24(35)28-19(25(36)37)8-9-21(31)32/h4-7,14,17-20,30H,8-13,26H2,1-3H3,(H,27,33)(H,28,35)(H,29,34)(H,31,32)(H,36,37). The first-order valence-corrected chi connectivity index (χ1v) is 13.6. The molecule has 0 heterocycles. The molecule has 1 aromatic carbocycles. The summed E-state index contributed by atoms with van der Waals surface area (Å²) in [5.41, 5.74) is 6.52. The van der Waals surface area contributed by atoms with Crippen LogP contribution in [0.1, 0.15) is 45.1 Å². The molecule has 12 nitrogen and oxygen atoms in total. The van der Waals surface area contributed by atoms with Gasteiger partial charge in [0, 0.05) is 12.8 Å². The second-order valence-electron chi connectivity index (χ2n) is 9.34. The highest BCUT2D eigenvalue weighted by Gasteiger charge is 2.30. The van der Waals surface area contributed by atoms with E-state index in [1.165, 1.54) is 23.9 Å². The summed E-state index contributed by atoms with van der Waals surface area (Å²) in [6.07, 6.45) is 1.63. The van der Waals surface area contributed by atoms with Crippen LogP contribution in [0.4, 0.5) is 0 Å². The third-order valence-electron chi connectivity index (χ3n) is 5.58. The number of thioether (sulfide) groups is 1. The first-order chi connectivity index (χ1) is 17.8. The number of rotatable bonds is 17. The highest BCUT2D eigenvalue weighted by Crippen LogP contribution is 2.13. The lowest BCUT2D eigenvalue weighted by molar-refractivity contribution is -0.143. The van der Waals surface area contributed by atoms with Gasteiger partial charge in [-0.15, -0.1) is 0 Å². The summed E-state index contributed by atoms with van der Waals surface area (Å²) >= 11 is 1.46. The van der Waals surface area contributed by atoms with E-state index < -0.39 is 60.2 Å². The minimum atomic E-state index is -1.49. The van der Waals surface area contributed by atoms with Gasteiger partial charge in [0.1, 0.15) is 23.9 Å². The lowest BCUT2D eigenvalue weighted by Crippen LogP contribution is -2.57. The maximum absolute atomic E-state index is 13.2. The molecule has 0 aliphatic heterocycles. The van der Waals surface area contributed by atoms with E-state index in [4.69, 9.17) is 10.8 Å². The molecule has 1 aromatic rings. The Bertz CT molecular complexity index is 957. The number of hydrogen-bond donors (Lipinski definition) is 7. The number of nitrogens with one attached hydrogen (secondary N) is 3. The van der Waals surface area contributed by atoms with Crippen molar-refractivity contribution in [3.63, 3.8) is 0 Å². The van der Waals surface area contributed by atoms with Crippen molar-refractivity contribution < 1.29 is 39.3 Å². The topological polar surface area (TPSA) is 208 Å². The van der Waals surface area contributed by atoms with Crippen molar-refractivity contribution in [1.82, 2.24) is 16.0 Å². The van der Waals surface area contributed by atoms with Crippen molar-refractivity contribution in [2.75, 3.05) is 12.0 Å². The minimum Gasteiger partial charge on any atom is -0.508 e. The molecular weight excluding hydrogens is 516 g/mol. The second kappa shape index (κ2) is 16.5. The number of aromatic hydroxyl groups is 1. The van der Waals surface area contributed by atoms with Crippen LogP contribution in [0.25, 0.3) is 0 Å². The van der Waals surface area contributed by atoms with Crippen LogP contribution in [0.15, 0.2) is 24.3 Å². The van der Waals surface area contributed by atoms with Gasteiger partial charge < -0.3 is 37.0 Å². The molecule has 0 bridgehead atoms. The summed E-state index contributed by atoms with van der Waals surface area (Å²) in [5, 5.41) is 35.4. The summed E-state index contributed by atoms with van der Waals surface area (Å²) in [5.74, 6) is -3.94. The van der Waals surface area contributed by atoms with Gasteiger partial charge in [-0.1, -0.05) is 26.0 Å². The number of nitrogens with two attached hydrogens (primary N) is 1. The Morgan fingerprint density at radius 1 is 0.868 bits per heavy atom. The zero-order valence-corrected chi connectivity index (χ0v) is 22.6. The van der Waals surface area contributed by atoms with Crippen LogP contribution in [0.2, 0.25) is 0 Å². The number of aliphatic carboxylic acids is 2. The Hall–Kier alpha value is -3.32. The molecule has 13 heteroatoms. The average molecular weight is 555 g/mol. The first-order valence-electron chi connectivity index (χ1n) is 12.2. The minimum absolute atomic E-state index is 0.00372. The predicted octanol–water partition coefficient (Wildman–Crippen LogP) is 0.465. The fraction of sp³-hybridized carbons (Fsp3) is 0.560. The number of carboxylic acid groups (broad SMARTS) is 2. The van der Waals surface area contributed by atoms with Crippen molar-refractivity contribution in [2.45, 2.75) is 70.1 Å². The van der Waals surface area contributed by atoms with Crippen molar-refractivity contribution >= 4 is 41.4 Å². The van der Waals surface area contributed by atoms with E-state index in [-0.39, 0.29) is 30.9 Å². The number of carboxylic acids is 2. The lowest BCUT2D eigenvalue weighted by atomic mass is 10.0. The first kappa shape index (κ1) is 32.7. The van der Waals surface area contributed by atoms with Crippen LogP contribution in [-0.2, 0) is 30.4 Å². The Labute approximate surface area is 226 Å². The molecule has 212 valence electrons. The number of benzene rings is 1. The van der Waals surface area contributed by atoms with Gasteiger partial charge in [0.15, 0.2) is 0 Å². The van der Waals surface area contributed by atoms with Gasteiger partial charge in [0.25, 0.3) is 0 Å². The molecule has 0 radical (unpaired) electrons. The van der Waals surface area contributed by atoms with Crippen molar-refractivity contribution in [3.8, 4) is 5.75 Å². The molecular formula is C25H38N4O8S. The summed E-state index contributed by atoms with van der Waals surface area (Å²) in [7, 11) is 0. The molecule has 38 heavy (non-hydrogen) atoms. The Morgan fingerprint density at radius 2 is 1.42 bits per heavy atom. The zero-order chi connectivity index (χ0) is 28.8. The molecule has 8 N–H and O–H groups in total. The van der Waals surface area contributed by atoms with Crippen LogP contribution in [-0.4, -0.2) is 81.2 Å². The Morgan fingerprint density at radius 3 is 1.95 bits per heavy atom. The van der Waals surface area contributed by atoms with Crippen molar-refractivity contribution in [1.29, 1.82) is 0 Å². The smallest absolute Gasteiger partial charge is 0.326 e. The van der Waals surface area contributed by atoms with Gasteiger partial charge in [0.05, 0.1) is 6.04 Å². The molecule has 0 aliphatic carbocycles. The third kappa shape index (κ3) is 12.3. The fourth-order valence-corrected chi connectivity index (χ4v) is 4.02. The summed E-state index contributed by atoms with van der Waals surface area (Å²) in [6, 6.07) is 1.33. The summed E-state index contributed by atoms with van der Waals surface area (Å²) < 4.78 is 0. The fourth-order valence-electron chi connectivity index (χ4n) is 3.55. The van der Waals surface area contributed by atoms with Crippen LogP contribution in [0.5, 0.6) is 5.75 Å². The third-order valence-corrected chi connectivity index (χ3v) is 6.22. The molecule has 1 rings (SSSR count). The molecule has 3 amide bonds. The van der Waals surface area contributed by atoms with Gasteiger partial charge in [0.2, 0.25) is 17.7 Å². The molecule has 0 saturated heterocycles. The van der Waals surface area contributed by atoms with Crippen LogP contribution in [0, 0.1) is 5.92 Å². The number of carbonyl (C=O) groups is 5. The average Bonchev–Trinajstić information content (AvgIpc) is 2.83. The Balaban J connectivity index is 3.14. The van der Waals surface area contributed by atoms with Gasteiger partial charge in [-0.25, -0.2) is 4.79 Å². The van der Waals surface area contributed by atoms with Crippen LogP contribution < -0.4 is 21.7 Å². The molecule has 4 atom stereocenters. The van der Waals surface area contributed by atoms with Crippen LogP contribution in [0.3, 0.4) is 0 Å². The molecule has 4 unspecified atom stereocenters. The van der Waals surface area contributed by atoms with E-state index in [1.54, 1.807) is 12.1 Å². The molecule has 0 fully saturated rings. The normalized spacial score (nSPS) is 14.1. The lowest BCUT2D eigenvalue weighted by Gasteiger charge is -2.25. The molecule has 0 spiro atoms. The van der Waals surface area contributed by atoms with E-state index >= 15 is 0 Å². The summed E-state index contributed by atoms with van der Waals surface area (Å²) in [6.45, 7) is 3.83. The van der Waals surface area contributed by atoms with Gasteiger partial charge >= 0.3 is 11.9 Å². The van der Waals surface area contributed by atoms with Gasteiger partial charge in [-0.05, 0) is 54.9 Å².